The number of thiophene rings is 1. The van der Waals surface area contributed by atoms with Crippen LogP contribution < -0.4 is 5.32 Å². The number of fused-ring (bicyclic) bond motifs is 1. The molecule has 2 heterocycles. The molecule has 4 nitrogen and oxygen atoms in total. The number of rotatable bonds is 4. The Morgan fingerprint density at radius 2 is 2.40 bits per heavy atom. The Labute approximate surface area is 92.0 Å². The molecule has 0 unspecified atom stereocenters. The summed E-state index contributed by atoms with van der Waals surface area (Å²) in [6.07, 6.45) is 2.41. The number of aliphatic hydroxyl groups is 1. The van der Waals surface area contributed by atoms with E-state index >= 15 is 0 Å². The first-order valence-electron chi connectivity index (χ1n) is 4.90. The highest BCUT2D eigenvalue weighted by Crippen LogP contribution is 2.25. The fraction of sp³-hybridized carbons (Fsp3) is 0.400. The van der Waals surface area contributed by atoms with Crippen molar-refractivity contribution < 1.29 is 5.11 Å². The average Bonchev–Trinajstić information content (AvgIpc) is 2.74. The zero-order valence-corrected chi connectivity index (χ0v) is 9.29. The predicted octanol–water partition coefficient (Wildman–Crippen LogP) is 1.87. The first-order chi connectivity index (χ1) is 7.35. The van der Waals surface area contributed by atoms with Gasteiger partial charge in [-0.3, -0.25) is 0 Å². The highest BCUT2D eigenvalue weighted by atomic mass is 32.1. The van der Waals surface area contributed by atoms with Crippen molar-refractivity contribution in [3.63, 3.8) is 0 Å². The van der Waals surface area contributed by atoms with Gasteiger partial charge < -0.3 is 10.4 Å². The SMILES string of the molecule is CC[C@H](CO)Nc1ncnc2ccsc12. The molecule has 5 heteroatoms. The number of aromatic nitrogens is 2. The van der Waals surface area contributed by atoms with Crippen LogP contribution in [0.25, 0.3) is 10.2 Å². The first kappa shape index (κ1) is 10.3. The molecule has 1 atom stereocenters. The second kappa shape index (κ2) is 4.55. The molecule has 2 aromatic heterocycles. The van der Waals surface area contributed by atoms with Crippen molar-refractivity contribution in [3.8, 4) is 0 Å². The van der Waals surface area contributed by atoms with Crippen molar-refractivity contribution in [1.82, 2.24) is 9.97 Å². The summed E-state index contributed by atoms with van der Waals surface area (Å²) in [5.41, 5.74) is 0.949. The monoisotopic (exact) mass is 223 g/mol. The zero-order chi connectivity index (χ0) is 10.7. The van der Waals surface area contributed by atoms with Gasteiger partial charge >= 0.3 is 0 Å². The Hall–Kier alpha value is -1.20. The van der Waals surface area contributed by atoms with Gasteiger partial charge in [0, 0.05) is 0 Å². The van der Waals surface area contributed by atoms with Gasteiger partial charge in [0.1, 0.15) is 12.1 Å². The van der Waals surface area contributed by atoms with Crippen molar-refractivity contribution >= 4 is 27.4 Å². The van der Waals surface area contributed by atoms with Gasteiger partial charge in [0.15, 0.2) is 0 Å². The average molecular weight is 223 g/mol. The smallest absolute Gasteiger partial charge is 0.147 e. The predicted molar refractivity (Wildman–Crippen MR) is 62.2 cm³/mol. The van der Waals surface area contributed by atoms with Gasteiger partial charge in [-0.2, -0.15) is 0 Å². The summed E-state index contributed by atoms with van der Waals surface area (Å²) < 4.78 is 1.05. The van der Waals surface area contributed by atoms with Crippen LogP contribution in [0.15, 0.2) is 17.8 Å². The van der Waals surface area contributed by atoms with Gasteiger partial charge in [-0.25, -0.2) is 9.97 Å². The lowest BCUT2D eigenvalue weighted by Gasteiger charge is -2.14. The maximum atomic E-state index is 9.11. The molecule has 0 saturated heterocycles. The molecule has 0 radical (unpaired) electrons. The lowest BCUT2D eigenvalue weighted by Crippen LogP contribution is -2.23. The fourth-order valence-corrected chi connectivity index (χ4v) is 2.16. The van der Waals surface area contributed by atoms with Crippen LogP contribution in [0.5, 0.6) is 0 Å². The Morgan fingerprint density at radius 1 is 1.53 bits per heavy atom. The number of nitrogens with zero attached hydrogens (tertiary/aromatic N) is 2. The Kier molecular flexibility index (Phi) is 3.13. The number of hydrogen-bond acceptors (Lipinski definition) is 5. The summed E-state index contributed by atoms with van der Waals surface area (Å²) in [5, 5.41) is 14.3. The molecule has 0 aliphatic carbocycles. The van der Waals surface area contributed by atoms with E-state index in [0.717, 1.165) is 22.5 Å². The van der Waals surface area contributed by atoms with Crippen molar-refractivity contribution in [2.45, 2.75) is 19.4 Å². The van der Waals surface area contributed by atoms with Crippen LogP contribution in [0.1, 0.15) is 13.3 Å². The standard InChI is InChI=1S/C10H13N3OS/c1-2-7(5-14)13-10-9-8(3-4-15-9)11-6-12-10/h3-4,6-7,14H,2,5H2,1H3,(H,11,12,13)/t7-/m1/s1. The van der Waals surface area contributed by atoms with Gasteiger partial charge in [-0.15, -0.1) is 11.3 Å². The van der Waals surface area contributed by atoms with E-state index < -0.39 is 0 Å². The second-order valence-electron chi connectivity index (χ2n) is 3.29. The molecule has 0 aliphatic heterocycles. The highest BCUT2D eigenvalue weighted by Gasteiger charge is 2.09. The number of hydrogen-bond donors (Lipinski definition) is 2. The molecule has 0 saturated carbocycles. The van der Waals surface area contributed by atoms with Crippen LogP contribution in [-0.4, -0.2) is 27.7 Å². The molecule has 0 bridgehead atoms. The molecule has 2 rings (SSSR count). The minimum atomic E-state index is 0.0604. The van der Waals surface area contributed by atoms with E-state index in [4.69, 9.17) is 5.11 Å². The minimum absolute atomic E-state index is 0.0604. The van der Waals surface area contributed by atoms with Crippen LogP contribution in [0.4, 0.5) is 5.82 Å². The van der Waals surface area contributed by atoms with E-state index in [1.54, 1.807) is 17.7 Å². The number of aliphatic hydroxyl groups excluding tert-OH is 1. The van der Waals surface area contributed by atoms with Gasteiger partial charge in [-0.1, -0.05) is 6.92 Å². The summed E-state index contributed by atoms with van der Waals surface area (Å²) in [7, 11) is 0. The van der Waals surface area contributed by atoms with Crippen molar-refractivity contribution in [1.29, 1.82) is 0 Å². The third kappa shape index (κ3) is 2.08. The van der Waals surface area contributed by atoms with Gasteiger partial charge in [0.2, 0.25) is 0 Å². The van der Waals surface area contributed by atoms with E-state index in [9.17, 15) is 0 Å². The Bertz CT molecular complexity index is 439. The lowest BCUT2D eigenvalue weighted by molar-refractivity contribution is 0.271. The molecule has 2 N–H and O–H groups in total. The summed E-state index contributed by atoms with van der Waals surface area (Å²) in [5.74, 6) is 0.816. The molecule has 0 aliphatic rings. The van der Waals surface area contributed by atoms with E-state index in [0.29, 0.717) is 0 Å². The van der Waals surface area contributed by atoms with E-state index in [1.807, 2.05) is 18.4 Å². The fourth-order valence-electron chi connectivity index (χ4n) is 1.36. The van der Waals surface area contributed by atoms with Crippen molar-refractivity contribution in [2.75, 3.05) is 11.9 Å². The molecule has 0 fully saturated rings. The van der Waals surface area contributed by atoms with Crippen molar-refractivity contribution in [3.05, 3.63) is 17.8 Å². The van der Waals surface area contributed by atoms with Crippen LogP contribution in [-0.2, 0) is 0 Å². The van der Waals surface area contributed by atoms with E-state index in [-0.39, 0.29) is 12.6 Å². The Morgan fingerprint density at radius 3 is 3.13 bits per heavy atom. The molecule has 0 spiro atoms. The van der Waals surface area contributed by atoms with Crippen LogP contribution in [0.3, 0.4) is 0 Å². The minimum Gasteiger partial charge on any atom is -0.394 e. The first-order valence-corrected chi connectivity index (χ1v) is 5.78. The highest BCUT2D eigenvalue weighted by molar-refractivity contribution is 7.17. The van der Waals surface area contributed by atoms with E-state index in [2.05, 4.69) is 15.3 Å². The third-order valence-electron chi connectivity index (χ3n) is 2.30. The third-order valence-corrected chi connectivity index (χ3v) is 3.21. The summed E-state index contributed by atoms with van der Waals surface area (Å²) >= 11 is 1.61. The Balaban J connectivity index is 2.30. The van der Waals surface area contributed by atoms with E-state index in [1.165, 1.54) is 0 Å². The van der Waals surface area contributed by atoms with Gasteiger partial charge in [0.25, 0.3) is 0 Å². The summed E-state index contributed by atoms with van der Waals surface area (Å²) in [4.78, 5) is 8.35. The van der Waals surface area contributed by atoms with Gasteiger partial charge in [0.05, 0.1) is 22.9 Å². The maximum Gasteiger partial charge on any atom is 0.147 e. The number of anilines is 1. The summed E-state index contributed by atoms with van der Waals surface area (Å²) in [6.45, 7) is 2.15. The molecule has 0 aromatic carbocycles. The lowest BCUT2D eigenvalue weighted by atomic mass is 10.2. The topological polar surface area (TPSA) is 58.0 Å². The molecule has 2 aromatic rings. The maximum absolute atomic E-state index is 9.11. The van der Waals surface area contributed by atoms with Crippen molar-refractivity contribution in [2.24, 2.45) is 0 Å². The van der Waals surface area contributed by atoms with Crippen LogP contribution >= 0.6 is 11.3 Å². The quantitative estimate of drug-likeness (QED) is 0.830. The molecule has 15 heavy (non-hydrogen) atoms. The zero-order valence-electron chi connectivity index (χ0n) is 8.47. The number of nitrogens with one attached hydrogen (secondary N) is 1. The molecular formula is C10H13N3OS. The normalized spacial score (nSPS) is 12.9. The second-order valence-corrected chi connectivity index (χ2v) is 4.21. The molecule has 0 amide bonds. The largest absolute Gasteiger partial charge is 0.394 e. The molecule has 80 valence electrons. The molecular weight excluding hydrogens is 210 g/mol. The van der Waals surface area contributed by atoms with Crippen LogP contribution in [0.2, 0.25) is 0 Å². The summed E-state index contributed by atoms with van der Waals surface area (Å²) in [6, 6.07) is 2.03. The van der Waals surface area contributed by atoms with Crippen LogP contribution in [0, 0.1) is 0 Å². The van der Waals surface area contributed by atoms with Gasteiger partial charge in [-0.05, 0) is 17.9 Å².